The number of rotatable bonds is 3. The first-order valence-electron chi connectivity index (χ1n) is 6.90. The van der Waals surface area contributed by atoms with Gasteiger partial charge in [-0.2, -0.15) is 0 Å². The summed E-state index contributed by atoms with van der Waals surface area (Å²) < 4.78 is 6.88. The highest BCUT2D eigenvalue weighted by molar-refractivity contribution is 9.10. The van der Waals surface area contributed by atoms with Crippen molar-refractivity contribution >= 4 is 15.9 Å². The van der Waals surface area contributed by atoms with Crippen LogP contribution in [-0.2, 0) is 12.8 Å². The molecule has 104 valence electrons. The first-order valence-corrected chi connectivity index (χ1v) is 7.69. The van der Waals surface area contributed by atoms with Gasteiger partial charge in [-0.15, -0.1) is 0 Å². The second-order valence-corrected chi connectivity index (χ2v) is 6.23. The smallest absolute Gasteiger partial charge is 0.125 e. The molecule has 20 heavy (non-hydrogen) atoms. The van der Waals surface area contributed by atoms with Crippen LogP contribution in [0.1, 0.15) is 28.3 Å². The Morgan fingerprint density at radius 1 is 1.30 bits per heavy atom. The molecule has 0 radical (unpaired) electrons. The van der Waals surface area contributed by atoms with Crippen LogP contribution in [0, 0.1) is 6.92 Å². The Kier molecular flexibility index (Phi) is 3.81. The number of hydrogen-bond donors (Lipinski definition) is 1. The van der Waals surface area contributed by atoms with E-state index in [0.717, 1.165) is 29.7 Å². The van der Waals surface area contributed by atoms with Crippen molar-refractivity contribution in [2.75, 3.05) is 6.61 Å². The molecule has 2 aromatic rings. The molecular formula is C17H18BrNO. The molecule has 2 N–H and O–H groups in total. The van der Waals surface area contributed by atoms with Crippen LogP contribution in [0.4, 0.5) is 0 Å². The van der Waals surface area contributed by atoms with Gasteiger partial charge in [-0.3, -0.25) is 0 Å². The molecule has 2 nitrogen and oxygen atoms in total. The van der Waals surface area contributed by atoms with Crippen molar-refractivity contribution in [2.24, 2.45) is 5.73 Å². The van der Waals surface area contributed by atoms with Crippen LogP contribution in [0.2, 0.25) is 0 Å². The van der Waals surface area contributed by atoms with Crippen LogP contribution in [0.3, 0.4) is 0 Å². The molecule has 0 aliphatic carbocycles. The molecular weight excluding hydrogens is 314 g/mol. The Morgan fingerprint density at radius 3 is 2.90 bits per heavy atom. The fraction of sp³-hybridized carbons (Fsp3) is 0.294. The third-order valence-corrected chi connectivity index (χ3v) is 4.31. The summed E-state index contributed by atoms with van der Waals surface area (Å²) in [6.07, 6.45) is 1.79. The summed E-state index contributed by atoms with van der Waals surface area (Å²) in [6, 6.07) is 12.6. The lowest BCUT2D eigenvalue weighted by Crippen LogP contribution is -2.15. The van der Waals surface area contributed by atoms with Crippen molar-refractivity contribution in [3.8, 4) is 5.75 Å². The predicted octanol–water partition coefficient (Wildman–Crippen LogP) is 3.93. The second-order valence-electron chi connectivity index (χ2n) is 5.32. The minimum absolute atomic E-state index is 0.00111. The lowest BCUT2D eigenvalue weighted by molar-refractivity contribution is 0.352. The maximum absolute atomic E-state index is 6.40. The zero-order valence-electron chi connectivity index (χ0n) is 11.5. The van der Waals surface area contributed by atoms with Gasteiger partial charge in [-0.25, -0.2) is 0 Å². The van der Waals surface area contributed by atoms with E-state index in [9.17, 15) is 0 Å². The fourth-order valence-electron chi connectivity index (χ4n) is 2.85. The molecule has 2 aromatic carbocycles. The zero-order valence-corrected chi connectivity index (χ0v) is 13.1. The van der Waals surface area contributed by atoms with Gasteiger partial charge in [0.05, 0.1) is 6.61 Å². The summed E-state index contributed by atoms with van der Waals surface area (Å²) in [5, 5.41) is 0. The molecule has 1 atom stereocenters. The largest absolute Gasteiger partial charge is 0.493 e. The van der Waals surface area contributed by atoms with Crippen molar-refractivity contribution in [1.82, 2.24) is 0 Å². The van der Waals surface area contributed by atoms with Crippen molar-refractivity contribution in [2.45, 2.75) is 25.8 Å². The molecule has 3 rings (SSSR count). The number of benzene rings is 2. The molecule has 1 aliphatic rings. The highest BCUT2D eigenvalue weighted by atomic mass is 79.9. The van der Waals surface area contributed by atoms with Gasteiger partial charge in [0.1, 0.15) is 5.75 Å². The normalized spacial score (nSPS) is 14.8. The van der Waals surface area contributed by atoms with Crippen molar-refractivity contribution in [3.05, 3.63) is 63.1 Å². The third kappa shape index (κ3) is 2.60. The van der Waals surface area contributed by atoms with E-state index in [-0.39, 0.29) is 6.04 Å². The number of halogens is 1. The van der Waals surface area contributed by atoms with Gasteiger partial charge in [0, 0.05) is 16.9 Å². The highest BCUT2D eigenvalue weighted by Crippen LogP contribution is 2.35. The minimum Gasteiger partial charge on any atom is -0.493 e. The number of ether oxygens (including phenoxy) is 1. The number of fused-ring (bicyclic) bond motifs is 1. The Balaban J connectivity index is 1.90. The zero-order chi connectivity index (χ0) is 14.1. The van der Waals surface area contributed by atoms with Gasteiger partial charge in [-0.05, 0) is 47.7 Å². The van der Waals surface area contributed by atoms with Crippen LogP contribution in [0.5, 0.6) is 5.75 Å². The summed E-state index contributed by atoms with van der Waals surface area (Å²) >= 11 is 3.58. The van der Waals surface area contributed by atoms with E-state index in [0.29, 0.717) is 0 Å². The van der Waals surface area contributed by atoms with Crippen LogP contribution in [-0.4, -0.2) is 6.61 Å². The molecule has 0 saturated carbocycles. The van der Waals surface area contributed by atoms with Gasteiger partial charge in [0.25, 0.3) is 0 Å². The van der Waals surface area contributed by atoms with Crippen molar-refractivity contribution in [1.29, 1.82) is 0 Å². The predicted molar refractivity (Wildman–Crippen MR) is 85.2 cm³/mol. The van der Waals surface area contributed by atoms with Gasteiger partial charge >= 0.3 is 0 Å². The van der Waals surface area contributed by atoms with E-state index < -0.39 is 0 Å². The van der Waals surface area contributed by atoms with E-state index in [4.69, 9.17) is 10.5 Å². The van der Waals surface area contributed by atoms with Crippen LogP contribution in [0.15, 0.2) is 40.9 Å². The van der Waals surface area contributed by atoms with E-state index >= 15 is 0 Å². The molecule has 1 heterocycles. The third-order valence-electron chi connectivity index (χ3n) is 3.85. The van der Waals surface area contributed by atoms with Gasteiger partial charge in [0.15, 0.2) is 0 Å². The van der Waals surface area contributed by atoms with E-state index in [2.05, 4.69) is 47.1 Å². The number of hydrogen-bond acceptors (Lipinski definition) is 2. The Hall–Kier alpha value is -1.32. The first-order chi connectivity index (χ1) is 9.65. The van der Waals surface area contributed by atoms with Crippen LogP contribution < -0.4 is 10.5 Å². The van der Waals surface area contributed by atoms with Gasteiger partial charge in [0.2, 0.25) is 0 Å². The maximum Gasteiger partial charge on any atom is 0.125 e. The second kappa shape index (κ2) is 5.58. The lowest BCUT2D eigenvalue weighted by atomic mass is 9.95. The molecule has 0 bridgehead atoms. The standard InChI is InChI=1S/C17H18BrNO/c1-11-4-2-3-5-15(11)16(19)10-13-9-14(18)8-12-6-7-20-17(12)13/h2-5,8-9,16H,6-7,10,19H2,1H3. The molecule has 1 aliphatic heterocycles. The molecule has 3 heteroatoms. The Morgan fingerprint density at radius 2 is 2.10 bits per heavy atom. The molecule has 1 unspecified atom stereocenters. The highest BCUT2D eigenvalue weighted by Gasteiger charge is 2.20. The van der Waals surface area contributed by atoms with E-state index in [1.807, 2.05) is 12.1 Å². The average molecular weight is 332 g/mol. The Bertz CT molecular complexity index is 639. The van der Waals surface area contributed by atoms with E-state index in [1.54, 1.807) is 0 Å². The van der Waals surface area contributed by atoms with Crippen LogP contribution >= 0.6 is 15.9 Å². The summed E-state index contributed by atoms with van der Waals surface area (Å²) in [7, 11) is 0. The SMILES string of the molecule is Cc1ccccc1C(N)Cc1cc(Br)cc2c1OCC2. The average Bonchev–Trinajstić information content (AvgIpc) is 2.87. The number of aryl methyl sites for hydroxylation is 1. The van der Waals surface area contributed by atoms with Crippen LogP contribution in [0.25, 0.3) is 0 Å². The molecule has 0 spiro atoms. The number of nitrogens with two attached hydrogens (primary N) is 1. The summed E-state index contributed by atoms with van der Waals surface area (Å²) in [5.74, 6) is 1.04. The maximum atomic E-state index is 6.40. The summed E-state index contributed by atoms with van der Waals surface area (Å²) in [6.45, 7) is 2.88. The Labute approximate surface area is 128 Å². The fourth-order valence-corrected chi connectivity index (χ4v) is 3.40. The topological polar surface area (TPSA) is 35.2 Å². The summed E-state index contributed by atoms with van der Waals surface area (Å²) in [4.78, 5) is 0. The van der Waals surface area contributed by atoms with Gasteiger partial charge < -0.3 is 10.5 Å². The van der Waals surface area contributed by atoms with Crippen molar-refractivity contribution < 1.29 is 4.74 Å². The van der Waals surface area contributed by atoms with Gasteiger partial charge in [-0.1, -0.05) is 40.2 Å². The van der Waals surface area contributed by atoms with Crippen molar-refractivity contribution in [3.63, 3.8) is 0 Å². The molecule has 0 amide bonds. The molecule has 0 fully saturated rings. The molecule has 0 aromatic heterocycles. The lowest BCUT2D eigenvalue weighted by Gasteiger charge is -2.17. The molecule has 0 saturated heterocycles. The van der Waals surface area contributed by atoms with E-state index in [1.165, 1.54) is 22.3 Å². The quantitative estimate of drug-likeness (QED) is 0.924. The summed E-state index contributed by atoms with van der Waals surface area (Å²) in [5.41, 5.74) is 11.3. The monoisotopic (exact) mass is 331 g/mol. The minimum atomic E-state index is -0.00111. The first kappa shape index (κ1) is 13.7.